The number of aliphatic carboxylic acids is 1. The highest BCUT2D eigenvalue weighted by molar-refractivity contribution is 5.89. The van der Waals surface area contributed by atoms with Crippen molar-refractivity contribution in [3.63, 3.8) is 0 Å². The molecule has 0 bridgehead atoms. The third-order valence-electron chi connectivity index (χ3n) is 2.46. The monoisotopic (exact) mass is 251 g/mol. The van der Waals surface area contributed by atoms with Crippen LogP contribution in [-0.4, -0.2) is 40.6 Å². The van der Waals surface area contributed by atoms with Crippen molar-refractivity contribution in [1.29, 1.82) is 0 Å². The molecule has 6 nitrogen and oxygen atoms in total. The second-order valence-electron chi connectivity index (χ2n) is 4.24. The number of pyridine rings is 1. The number of carboxylic acid groups (broad SMARTS) is 1. The molecule has 1 aromatic rings. The Labute approximate surface area is 106 Å². The molecule has 18 heavy (non-hydrogen) atoms. The number of anilines is 1. The van der Waals surface area contributed by atoms with Gasteiger partial charge in [0, 0.05) is 31.2 Å². The van der Waals surface area contributed by atoms with Gasteiger partial charge in [-0.2, -0.15) is 0 Å². The molecular formula is C12H17N3O3. The third kappa shape index (κ3) is 4.04. The largest absolute Gasteiger partial charge is 0.481 e. The zero-order chi connectivity index (χ0) is 13.7. The quantitative estimate of drug-likeness (QED) is 0.851. The van der Waals surface area contributed by atoms with Crippen molar-refractivity contribution in [2.75, 3.05) is 18.9 Å². The molecule has 6 heteroatoms. The molecule has 0 spiro atoms. The molecule has 2 N–H and O–H groups in total. The minimum absolute atomic E-state index is 0.158. The third-order valence-corrected chi connectivity index (χ3v) is 2.46. The summed E-state index contributed by atoms with van der Waals surface area (Å²) in [5.41, 5.74) is 1.44. The second-order valence-corrected chi connectivity index (χ2v) is 4.24. The van der Waals surface area contributed by atoms with Crippen LogP contribution in [0.2, 0.25) is 0 Å². The normalized spacial score (nSPS) is 11.7. The maximum absolute atomic E-state index is 11.8. The fourth-order valence-electron chi connectivity index (χ4n) is 1.41. The van der Waals surface area contributed by atoms with Crippen molar-refractivity contribution in [2.45, 2.75) is 13.8 Å². The average Bonchev–Trinajstić information content (AvgIpc) is 2.28. The number of aromatic nitrogens is 1. The maximum Gasteiger partial charge on any atom is 0.321 e. The lowest BCUT2D eigenvalue weighted by Gasteiger charge is -2.20. The molecule has 1 rings (SSSR count). The summed E-state index contributed by atoms with van der Waals surface area (Å²) < 4.78 is 0. The minimum Gasteiger partial charge on any atom is -0.481 e. The molecule has 1 atom stereocenters. The molecule has 1 heterocycles. The summed E-state index contributed by atoms with van der Waals surface area (Å²) >= 11 is 0. The van der Waals surface area contributed by atoms with E-state index >= 15 is 0 Å². The van der Waals surface area contributed by atoms with E-state index in [9.17, 15) is 9.59 Å². The number of rotatable bonds is 4. The lowest BCUT2D eigenvalue weighted by atomic mass is 10.2. The van der Waals surface area contributed by atoms with Gasteiger partial charge in [0.05, 0.1) is 5.92 Å². The molecule has 0 fully saturated rings. The smallest absolute Gasteiger partial charge is 0.321 e. The van der Waals surface area contributed by atoms with Gasteiger partial charge in [-0.1, -0.05) is 6.92 Å². The van der Waals surface area contributed by atoms with Crippen LogP contribution in [0.25, 0.3) is 0 Å². The lowest BCUT2D eigenvalue weighted by molar-refractivity contribution is -0.141. The summed E-state index contributed by atoms with van der Waals surface area (Å²) in [5.74, 6) is -1.52. The Kier molecular flexibility index (Phi) is 4.65. The first-order valence-electron chi connectivity index (χ1n) is 5.57. The van der Waals surface area contributed by atoms with Crippen molar-refractivity contribution >= 4 is 17.7 Å². The van der Waals surface area contributed by atoms with Gasteiger partial charge in [-0.05, 0) is 19.1 Å². The van der Waals surface area contributed by atoms with Gasteiger partial charge in [-0.3, -0.25) is 9.78 Å². The maximum atomic E-state index is 11.8. The molecule has 1 unspecified atom stereocenters. The lowest BCUT2D eigenvalue weighted by Crippen LogP contribution is -2.36. The number of hydrogen-bond acceptors (Lipinski definition) is 3. The first kappa shape index (κ1) is 14.0. The van der Waals surface area contributed by atoms with Crippen molar-refractivity contribution in [1.82, 2.24) is 9.88 Å². The Morgan fingerprint density at radius 1 is 1.56 bits per heavy atom. The van der Waals surface area contributed by atoms with Crippen LogP contribution >= 0.6 is 0 Å². The van der Waals surface area contributed by atoms with Gasteiger partial charge in [0.1, 0.15) is 0 Å². The Bertz CT molecular complexity index is 448. The van der Waals surface area contributed by atoms with Crippen LogP contribution < -0.4 is 5.32 Å². The zero-order valence-electron chi connectivity index (χ0n) is 10.7. The van der Waals surface area contributed by atoms with Crippen LogP contribution in [0.4, 0.5) is 10.5 Å². The van der Waals surface area contributed by atoms with Gasteiger partial charge in [-0.25, -0.2) is 4.79 Å². The molecule has 0 aliphatic carbocycles. The van der Waals surface area contributed by atoms with E-state index in [1.807, 2.05) is 6.92 Å². The number of carbonyl (C=O) groups is 2. The van der Waals surface area contributed by atoms with E-state index in [0.29, 0.717) is 5.69 Å². The fraction of sp³-hybridized carbons (Fsp3) is 0.417. The Balaban J connectivity index is 2.57. The zero-order valence-corrected chi connectivity index (χ0v) is 10.7. The van der Waals surface area contributed by atoms with E-state index in [1.54, 1.807) is 32.3 Å². The van der Waals surface area contributed by atoms with Gasteiger partial charge in [-0.15, -0.1) is 0 Å². The Morgan fingerprint density at radius 3 is 2.78 bits per heavy atom. The SMILES string of the molecule is Cc1cc(NC(=O)N(C)CC(C)C(=O)O)ccn1. The molecule has 98 valence electrons. The van der Waals surface area contributed by atoms with Crippen LogP contribution in [0.3, 0.4) is 0 Å². The molecule has 0 aliphatic heterocycles. The number of hydrogen-bond donors (Lipinski definition) is 2. The number of nitrogens with zero attached hydrogens (tertiary/aromatic N) is 2. The number of nitrogens with one attached hydrogen (secondary N) is 1. The summed E-state index contributed by atoms with van der Waals surface area (Å²) in [6.07, 6.45) is 1.60. The van der Waals surface area contributed by atoms with Gasteiger partial charge < -0.3 is 15.3 Å². The van der Waals surface area contributed by atoms with Crippen LogP contribution in [0.15, 0.2) is 18.3 Å². The van der Waals surface area contributed by atoms with Gasteiger partial charge >= 0.3 is 12.0 Å². The van der Waals surface area contributed by atoms with E-state index < -0.39 is 11.9 Å². The molecule has 0 aromatic carbocycles. The number of carbonyl (C=O) groups excluding carboxylic acids is 1. The van der Waals surface area contributed by atoms with E-state index in [-0.39, 0.29) is 12.6 Å². The van der Waals surface area contributed by atoms with E-state index in [1.165, 1.54) is 4.90 Å². The number of amides is 2. The first-order chi connectivity index (χ1) is 8.40. The summed E-state index contributed by atoms with van der Waals surface area (Å²) in [6, 6.07) is 3.08. The Hall–Kier alpha value is -2.11. The molecule has 2 amide bonds. The topological polar surface area (TPSA) is 82.5 Å². The fourth-order valence-corrected chi connectivity index (χ4v) is 1.41. The number of aryl methyl sites for hydroxylation is 1. The minimum atomic E-state index is -0.922. The van der Waals surface area contributed by atoms with Crippen molar-refractivity contribution in [2.24, 2.45) is 5.92 Å². The van der Waals surface area contributed by atoms with E-state index in [0.717, 1.165) is 5.69 Å². The molecule has 0 saturated carbocycles. The standard InChI is InChI=1S/C12H17N3O3/c1-8(11(16)17)7-15(3)12(18)14-10-4-5-13-9(2)6-10/h4-6,8H,7H2,1-3H3,(H,16,17)(H,13,14,18). The van der Waals surface area contributed by atoms with Crippen LogP contribution in [-0.2, 0) is 4.79 Å². The number of carboxylic acids is 1. The van der Waals surface area contributed by atoms with Crippen molar-refractivity contribution in [3.8, 4) is 0 Å². The predicted octanol–water partition coefficient (Wildman–Crippen LogP) is 1.57. The van der Waals surface area contributed by atoms with Crippen LogP contribution in [0, 0.1) is 12.8 Å². The highest BCUT2D eigenvalue weighted by atomic mass is 16.4. The summed E-state index contributed by atoms with van der Waals surface area (Å²) in [5, 5.41) is 11.5. The van der Waals surface area contributed by atoms with Gasteiger partial charge in [0.15, 0.2) is 0 Å². The highest BCUT2D eigenvalue weighted by Gasteiger charge is 2.17. The summed E-state index contributed by atoms with van der Waals surface area (Å²) in [4.78, 5) is 27.8. The molecular weight excluding hydrogens is 234 g/mol. The van der Waals surface area contributed by atoms with Crippen LogP contribution in [0.1, 0.15) is 12.6 Å². The first-order valence-corrected chi connectivity index (χ1v) is 5.57. The molecule has 0 aliphatic rings. The van der Waals surface area contributed by atoms with E-state index in [4.69, 9.17) is 5.11 Å². The van der Waals surface area contributed by atoms with E-state index in [2.05, 4.69) is 10.3 Å². The van der Waals surface area contributed by atoms with Crippen molar-refractivity contribution in [3.05, 3.63) is 24.0 Å². The predicted molar refractivity (Wildman–Crippen MR) is 67.4 cm³/mol. The molecule has 0 radical (unpaired) electrons. The van der Waals surface area contributed by atoms with Gasteiger partial charge in [0.25, 0.3) is 0 Å². The van der Waals surface area contributed by atoms with Gasteiger partial charge in [0.2, 0.25) is 0 Å². The molecule has 1 aromatic heterocycles. The summed E-state index contributed by atoms with van der Waals surface area (Å²) in [7, 11) is 1.56. The second kappa shape index (κ2) is 6.00. The molecule has 0 saturated heterocycles. The average molecular weight is 251 g/mol. The Morgan fingerprint density at radius 2 is 2.22 bits per heavy atom. The number of urea groups is 1. The van der Waals surface area contributed by atoms with Crippen molar-refractivity contribution < 1.29 is 14.7 Å². The highest BCUT2D eigenvalue weighted by Crippen LogP contribution is 2.08. The van der Waals surface area contributed by atoms with Crippen LogP contribution in [0.5, 0.6) is 0 Å². The summed E-state index contributed by atoms with van der Waals surface area (Å²) in [6.45, 7) is 3.54.